The maximum absolute atomic E-state index is 14.1. The first-order valence-corrected chi connectivity index (χ1v) is 18.4. The Bertz CT molecular complexity index is 2190. The summed E-state index contributed by atoms with van der Waals surface area (Å²) in [6, 6.07) is 23.1. The fourth-order valence-corrected chi connectivity index (χ4v) is 8.01. The van der Waals surface area contributed by atoms with Gasteiger partial charge in [-0.3, -0.25) is 19.4 Å². The number of hydrogen-bond acceptors (Lipinski definition) is 12. The van der Waals surface area contributed by atoms with Crippen LogP contribution in [0.3, 0.4) is 0 Å². The molecule has 5 aromatic rings. The van der Waals surface area contributed by atoms with E-state index in [1.807, 2.05) is 53.4 Å². The van der Waals surface area contributed by atoms with Crippen LogP contribution in [0.5, 0.6) is 11.8 Å². The van der Waals surface area contributed by atoms with Gasteiger partial charge in [-0.15, -0.1) is 11.8 Å². The molecule has 2 fully saturated rings. The molecule has 2 saturated heterocycles. The van der Waals surface area contributed by atoms with E-state index in [2.05, 4.69) is 37.0 Å². The number of hydrogen-bond donors (Lipinski definition) is 2. The van der Waals surface area contributed by atoms with E-state index in [0.717, 1.165) is 43.7 Å². The second-order valence-corrected chi connectivity index (χ2v) is 14.5. The quantitative estimate of drug-likeness (QED) is 0.191. The Hall–Kier alpha value is -5.51. The number of aryl methyl sites for hydroxylation is 1. The summed E-state index contributed by atoms with van der Waals surface area (Å²) in [6.45, 7) is 7.62. The van der Waals surface area contributed by atoms with Crippen LogP contribution in [0, 0.1) is 0 Å². The molecule has 0 spiro atoms. The molecule has 0 bridgehead atoms. The molecule has 14 nitrogen and oxygen atoms in total. The van der Waals surface area contributed by atoms with Gasteiger partial charge >= 0.3 is 12.0 Å². The minimum absolute atomic E-state index is 0.0130. The number of rotatable bonds is 11. The number of ether oxygens (including phenoxy) is 1. The maximum Gasteiger partial charge on any atom is 0.335 e. The van der Waals surface area contributed by atoms with Gasteiger partial charge in [-0.05, 0) is 60.6 Å². The number of aromatic nitrogens is 4. The summed E-state index contributed by atoms with van der Waals surface area (Å²) in [5, 5.41) is 12.8. The standard InChI is InChI=1S/C38H41N9O5S/c1-5-45-18-20-46(21-19-45)23-31-33(49)47(34(53-31)24-10-12-25(13-11-24)35(50)51)27-16-14-26(15-17-27)39-36-40-37(43(2)3)42-38(41-36)52-30-22-32(48)44(4)29-9-7-6-8-28(29)30/h6-17,22,31,34H,5,18-21,23H2,1-4H3,(H,50,51)(H,39,40,41,42). The molecule has 0 aliphatic carbocycles. The van der Waals surface area contributed by atoms with Gasteiger partial charge in [0, 0.05) is 76.7 Å². The van der Waals surface area contributed by atoms with Crippen molar-refractivity contribution >= 4 is 57.8 Å². The SMILES string of the molecule is CCN1CCN(CC2SC(c3ccc(C(=O)O)cc3)N(c3ccc(Nc4nc(Oc5cc(=O)n(C)c6ccccc56)nc(N(C)C)n4)cc3)C2=O)CC1. The van der Waals surface area contributed by atoms with Gasteiger partial charge in [-0.2, -0.15) is 15.0 Å². The van der Waals surface area contributed by atoms with Gasteiger partial charge in [0.25, 0.3) is 5.56 Å². The van der Waals surface area contributed by atoms with Crippen LogP contribution in [0.1, 0.15) is 28.2 Å². The fourth-order valence-electron chi connectivity index (χ4n) is 6.51. The zero-order valence-electron chi connectivity index (χ0n) is 30.0. The number of carboxylic acid groups (broad SMARTS) is 1. The van der Waals surface area contributed by atoms with Gasteiger partial charge in [0.15, 0.2) is 0 Å². The molecule has 7 rings (SSSR count). The normalized spacial score (nSPS) is 18.0. The van der Waals surface area contributed by atoms with Crippen molar-refractivity contribution in [2.75, 3.05) is 68.5 Å². The molecule has 1 amide bonds. The summed E-state index contributed by atoms with van der Waals surface area (Å²) in [7, 11) is 5.32. The highest BCUT2D eigenvalue weighted by Crippen LogP contribution is 2.46. The number of fused-ring (bicyclic) bond motifs is 1. The number of thioether (sulfide) groups is 1. The smallest absolute Gasteiger partial charge is 0.335 e. The number of nitrogens with one attached hydrogen (secondary N) is 1. The maximum atomic E-state index is 14.1. The Morgan fingerprint density at radius 1 is 0.943 bits per heavy atom. The number of carbonyl (C=O) groups excluding carboxylic acids is 1. The van der Waals surface area contributed by atoms with E-state index in [9.17, 15) is 19.5 Å². The Morgan fingerprint density at radius 3 is 2.32 bits per heavy atom. The van der Waals surface area contributed by atoms with Crippen LogP contribution < -0.4 is 25.4 Å². The molecule has 0 radical (unpaired) electrons. The molecule has 53 heavy (non-hydrogen) atoms. The van der Waals surface area contributed by atoms with E-state index in [-0.39, 0.29) is 39.6 Å². The number of likely N-dealkylation sites (N-methyl/N-ethyl adjacent to an activating group) is 1. The van der Waals surface area contributed by atoms with Gasteiger partial charge in [-0.1, -0.05) is 31.2 Å². The van der Waals surface area contributed by atoms with Crippen LogP contribution in [0.4, 0.5) is 23.3 Å². The highest BCUT2D eigenvalue weighted by Gasteiger charge is 2.43. The highest BCUT2D eigenvalue weighted by molar-refractivity contribution is 8.01. The number of nitrogens with zero attached hydrogens (tertiary/aromatic N) is 8. The second-order valence-electron chi connectivity index (χ2n) is 13.2. The average molecular weight is 736 g/mol. The molecule has 0 saturated carbocycles. The number of piperazine rings is 1. The molecule has 2 aliphatic rings. The molecule has 2 aliphatic heterocycles. The van der Waals surface area contributed by atoms with Gasteiger partial charge < -0.3 is 29.5 Å². The van der Waals surface area contributed by atoms with Crippen molar-refractivity contribution in [3.8, 4) is 11.8 Å². The summed E-state index contributed by atoms with van der Waals surface area (Å²) < 4.78 is 7.67. The zero-order chi connectivity index (χ0) is 37.2. The van der Waals surface area contributed by atoms with Crippen molar-refractivity contribution in [2.45, 2.75) is 17.5 Å². The van der Waals surface area contributed by atoms with Crippen molar-refractivity contribution < 1.29 is 19.4 Å². The predicted molar refractivity (Wildman–Crippen MR) is 207 cm³/mol. The van der Waals surface area contributed by atoms with Crippen LogP contribution in [0.25, 0.3) is 10.9 Å². The summed E-state index contributed by atoms with van der Waals surface area (Å²) >= 11 is 1.60. The molecule has 15 heteroatoms. The number of anilines is 4. The summed E-state index contributed by atoms with van der Waals surface area (Å²) in [5.41, 5.74) is 2.92. The van der Waals surface area contributed by atoms with Crippen molar-refractivity contribution in [2.24, 2.45) is 7.05 Å². The molecule has 2 unspecified atom stereocenters. The molecule has 274 valence electrons. The number of para-hydroxylation sites is 1. The average Bonchev–Trinajstić information content (AvgIpc) is 3.49. The third-order valence-corrected chi connectivity index (χ3v) is 11.0. The lowest BCUT2D eigenvalue weighted by Crippen LogP contribution is -2.49. The lowest BCUT2D eigenvalue weighted by Gasteiger charge is -2.34. The van der Waals surface area contributed by atoms with E-state index < -0.39 is 5.97 Å². The van der Waals surface area contributed by atoms with Gasteiger partial charge in [0.2, 0.25) is 17.8 Å². The molecule has 3 aromatic carbocycles. The van der Waals surface area contributed by atoms with Crippen LogP contribution in [-0.2, 0) is 11.8 Å². The van der Waals surface area contributed by atoms with E-state index in [4.69, 9.17) is 4.74 Å². The van der Waals surface area contributed by atoms with E-state index in [1.54, 1.807) is 66.6 Å². The first-order valence-electron chi connectivity index (χ1n) is 17.4. The molecule has 4 heterocycles. The van der Waals surface area contributed by atoms with Crippen LogP contribution in [0.15, 0.2) is 83.7 Å². The van der Waals surface area contributed by atoms with Crippen molar-refractivity contribution in [3.63, 3.8) is 0 Å². The van der Waals surface area contributed by atoms with Crippen molar-refractivity contribution in [1.29, 1.82) is 0 Å². The second kappa shape index (κ2) is 15.2. The summed E-state index contributed by atoms with van der Waals surface area (Å²) in [6.07, 6.45) is 0. The third kappa shape index (κ3) is 7.68. The molecule has 2 aromatic heterocycles. The number of aromatic carboxylic acids is 1. The van der Waals surface area contributed by atoms with Gasteiger partial charge in [0.1, 0.15) is 11.1 Å². The van der Waals surface area contributed by atoms with Gasteiger partial charge in [-0.25, -0.2) is 4.79 Å². The molecule has 2 N–H and O–H groups in total. The number of benzene rings is 3. The minimum atomic E-state index is -0.996. The zero-order valence-corrected chi connectivity index (χ0v) is 30.8. The Kier molecular flexibility index (Phi) is 10.3. The number of carboxylic acids is 1. The van der Waals surface area contributed by atoms with Crippen LogP contribution >= 0.6 is 11.8 Å². The first-order chi connectivity index (χ1) is 25.6. The molecular formula is C38H41N9O5S. The third-order valence-electron chi connectivity index (χ3n) is 9.54. The lowest BCUT2D eigenvalue weighted by atomic mass is 10.1. The monoisotopic (exact) mass is 735 g/mol. The van der Waals surface area contributed by atoms with Crippen LogP contribution in [0.2, 0.25) is 0 Å². The van der Waals surface area contributed by atoms with E-state index >= 15 is 0 Å². The molecule has 2 atom stereocenters. The van der Waals surface area contributed by atoms with Crippen molar-refractivity contribution in [3.05, 3.63) is 100 Å². The van der Waals surface area contributed by atoms with Gasteiger partial charge in [0.05, 0.1) is 16.3 Å². The minimum Gasteiger partial charge on any atom is -0.478 e. The topological polar surface area (TPSA) is 149 Å². The summed E-state index contributed by atoms with van der Waals surface area (Å²) in [5.74, 6) is -0.0756. The largest absolute Gasteiger partial charge is 0.478 e. The molecular weight excluding hydrogens is 695 g/mol. The summed E-state index contributed by atoms with van der Waals surface area (Å²) in [4.78, 5) is 60.2. The predicted octanol–water partition coefficient (Wildman–Crippen LogP) is 4.81. The first kappa shape index (κ1) is 35.9. The van der Waals surface area contributed by atoms with Crippen molar-refractivity contribution in [1.82, 2.24) is 29.3 Å². The number of carbonyl (C=O) groups is 2. The highest BCUT2D eigenvalue weighted by atomic mass is 32.2. The Labute approximate surface area is 311 Å². The Morgan fingerprint density at radius 2 is 1.64 bits per heavy atom. The number of amides is 1. The Balaban J connectivity index is 1.14. The van der Waals surface area contributed by atoms with E-state index in [1.165, 1.54) is 6.07 Å². The van der Waals surface area contributed by atoms with Crippen LogP contribution in [-0.4, -0.2) is 105 Å². The fraction of sp³-hybridized carbons (Fsp3) is 0.316. The lowest BCUT2D eigenvalue weighted by molar-refractivity contribution is -0.118. The van der Waals surface area contributed by atoms with E-state index in [0.29, 0.717) is 35.1 Å². The number of pyridine rings is 1.